The first-order chi connectivity index (χ1) is 16.4. The highest BCUT2D eigenvalue weighted by Gasteiger charge is 2.26. The highest BCUT2D eigenvalue weighted by molar-refractivity contribution is 6.04. The number of hydrogen-bond acceptors (Lipinski definition) is 5. The number of nitrogens with zero attached hydrogens (tertiary/aromatic N) is 2. The zero-order valence-corrected chi connectivity index (χ0v) is 21.4. The second-order valence-electron chi connectivity index (χ2n) is 10.3. The van der Waals surface area contributed by atoms with Gasteiger partial charge >= 0.3 is 0 Å². The van der Waals surface area contributed by atoms with Crippen molar-refractivity contribution in [3.8, 4) is 11.5 Å². The molecule has 2 N–H and O–H groups in total. The first-order valence-corrected chi connectivity index (χ1v) is 11.5. The average Bonchev–Trinajstić information content (AvgIpc) is 3.23. The summed E-state index contributed by atoms with van der Waals surface area (Å²) in [6.07, 6.45) is 0. The molecule has 2 amide bonds. The smallest absolute Gasteiger partial charge is 0.262 e. The van der Waals surface area contributed by atoms with Crippen molar-refractivity contribution in [2.24, 2.45) is 0 Å². The van der Waals surface area contributed by atoms with E-state index < -0.39 is 0 Å². The second-order valence-corrected chi connectivity index (χ2v) is 10.3. The SMILES string of the molecule is COc1cccc(NC(=O)COc2ccc(C(=O)Nc3cc(C(C)(C)C)nn3C(C)(C)C)cc2)c1. The van der Waals surface area contributed by atoms with Gasteiger partial charge in [0.15, 0.2) is 6.61 Å². The molecule has 3 aromatic rings. The second kappa shape index (κ2) is 10.2. The predicted octanol–water partition coefficient (Wildman–Crippen LogP) is 5.21. The fourth-order valence-electron chi connectivity index (χ4n) is 3.29. The van der Waals surface area contributed by atoms with Gasteiger partial charge in [-0.25, -0.2) is 4.68 Å². The van der Waals surface area contributed by atoms with Crippen molar-refractivity contribution in [1.29, 1.82) is 0 Å². The summed E-state index contributed by atoms with van der Waals surface area (Å²) < 4.78 is 12.6. The first kappa shape index (κ1) is 25.8. The third-order valence-electron chi connectivity index (χ3n) is 5.19. The van der Waals surface area contributed by atoms with E-state index in [0.29, 0.717) is 28.6 Å². The Labute approximate surface area is 206 Å². The normalized spacial score (nSPS) is 11.6. The minimum Gasteiger partial charge on any atom is -0.497 e. The molecule has 0 saturated carbocycles. The lowest BCUT2D eigenvalue weighted by Gasteiger charge is -2.23. The molecule has 0 atom stereocenters. The molecule has 0 bridgehead atoms. The van der Waals surface area contributed by atoms with E-state index in [4.69, 9.17) is 14.6 Å². The molecule has 1 aromatic heterocycles. The fraction of sp³-hybridized carbons (Fsp3) is 0.370. The molecule has 8 heteroatoms. The molecule has 0 aliphatic heterocycles. The number of nitrogens with one attached hydrogen (secondary N) is 2. The third-order valence-corrected chi connectivity index (χ3v) is 5.19. The summed E-state index contributed by atoms with van der Waals surface area (Å²) in [7, 11) is 1.57. The molecule has 2 aromatic carbocycles. The molecule has 0 spiro atoms. The van der Waals surface area contributed by atoms with Crippen LogP contribution in [0.3, 0.4) is 0 Å². The van der Waals surface area contributed by atoms with Gasteiger partial charge in [-0.05, 0) is 57.2 Å². The Hall–Kier alpha value is -3.81. The van der Waals surface area contributed by atoms with E-state index in [0.717, 1.165) is 5.69 Å². The Kier molecular flexibility index (Phi) is 7.53. The van der Waals surface area contributed by atoms with E-state index in [1.807, 2.05) is 31.5 Å². The van der Waals surface area contributed by atoms with Crippen molar-refractivity contribution in [1.82, 2.24) is 9.78 Å². The summed E-state index contributed by atoms with van der Waals surface area (Å²) in [5.74, 6) is 1.22. The Morgan fingerprint density at radius 3 is 2.20 bits per heavy atom. The van der Waals surface area contributed by atoms with Gasteiger partial charge in [0.05, 0.1) is 18.3 Å². The van der Waals surface area contributed by atoms with Gasteiger partial charge in [0.1, 0.15) is 17.3 Å². The molecule has 0 fully saturated rings. The summed E-state index contributed by atoms with van der Waals surface area (Å²) in [6.45, 7) is 12.2. The van der Waals surface area contributed by atoms with Crippen molar-refractivity contribution in [2.75, 3.05) is 24.4 Å². The van der Waals surface area contributed by atoms with Crippen LogP contribution in [0.25, 0.3) is 0 Å². The largest absolute Gasteiger partial charge is 0.497 e. The summed E-state index contributed by atoms with van der Waals surface area (Å²) >= 11 is 0. The number of anilines is 2. The zero-order chi connectivity index (χ0) is 25.8. The summed E-state index contributed by atoms with van der Waals surface area (Å²) in [5.41, 5.74) is 1.55. The molecule has 0 saturated heterocycles. The molecule has 0 radical (unpaired) electrons. The van der Waals surface area contributed by atoms with Crippen LogP contribution in [-0.2, 0) is 15.7 Å². The summed E-state index contributed by atoms with van der Waals surface area (Å²) in [6, 6.07) is 15.6. The summed E-state index contributed by atoms with van der Waals surface area (Å²) in [4.78, 5) is 25.1. The number of ether oxygens (including phenoxy) is 2. The number of carbonyl (C=O) groups excluding carboxylic acids is 2. The van der Waals surface area contributed by atoms with Crippen molar-refractivity contribution >= 4 is 23.3 Å². The Morgan fingerprint density at radius 2 is 1.60 bits per heavy atom. The van der Waals surface area contributed by atoms with Crippen molar-refractivity contribution in [2.45, 2.75) is 52.5 Å². The van der Waals surface area contributed by atoms with Crippen LogP contribution in [0.15, 0.2) is 54.6 Å². The lowest BCUT2D eigenvalue weighted by molar-refractivity contribution is -0.118. The van der Waals surface area contributed by atoms with E-state index in [9.17, 15) is 9.59 Å². The van der Waals surface area contributed by atoms with E-state index in [1.54, 1.807) is 55.6 Å². The van der Waals surface area contributed by atoms with Gasteiger partial charge in [-0.3, -0.25) is 9.59 Å². The number of rotatable bonds is 7. The van der Waals surface area contributed by atoms with Gasteiger partial charge in [-0.15, -0.1) is 0 Å². The number of benzene rings is 2. The minimum absolute atomic E-state index is 0.145. The number of aromatic nitrogens is 2. The van der Waals surface area contributed by atoms with Gasteiger partial charge in [0.25, 0.3) is 11.8 Å². The zero-order valence-electron chi connectivity index (χ0n) is 21.4. The van der Waals surface area contributed by atoms with Gasteiger partial charge in [-0.1, -0.05) is 26.8 Å². The van der Waals surface area contributed by atoms with Gasteiger partial charge < -0.3 is 20.1 Å². The maximum atomic E-state index is 12.9. The first-order valence-electron chi connectivity index (χ1n) is 11.5. The number of hydrogen-bond donors (Lipinski definition) is 2. The van der Waals surface area contributed by atoms with Crippen LogP contribution in [0.1, 0.15) is 57.6 Å². The van der Waals surface area contributed by atoms with Crippen LogP contribution in [0.2, 0.25) is 0 Å². The van der Waals surface area contributed by atoms with Gasteiger partial charge in [0, 0.05) is 28.8 Å². The highest BCUT2D eigenvalue weighted by Crippen LogP contribution is 2.28. The van der Waals surface area contributed by atoms with Crippen LogP contribution < -0.4 is 20.1 Å². The quantitative estimate of drug-likeness (QED) is 0.486. The van der Waals surface area contributed by atoms with Crippen LogP contribution in [0.4, 0.5) is 11.5 Å². The topological polar surface area (TPSA) is 94.5 Å². The summed E-state index contributed by atoms with van der Waals surface area (Å²) in [5, 5.41) is 10.5. The Bertz CT molecular complexity index is 1190. The molecule has 0 aliphatic rings. The van der Waals surface area contributed by atoms with E-state index in [1.165, 1.54) is 0 Å². The third kappa shape index (κ3) is 6.85. The van der Waals surface area contributed by atoms with E-state index >= 15 is 0 Å². The molecule has 35 heavy (non-hydrogen) atoms. The lowest BCUT2D eigenvalue weighted by Crippen LogP contribution is -2.27. The van der Waals surface area contributed by atoms with Gasteiger partial charge in [0.2, 0.25) is 0 Å². The number of amides is 2. The molecule has 186 valence electrons. The van der Waals surface area contributed by atoms with E-state index in [2.05, 4.69) is 31.4 Å². The molecule has 0 unspecified atom stereocenters. The Balaban J connectivity index is 1.62. The minimum atomic E-state index is -0.301. The van der Waals surface area contributed by atoms with Crippen LogP contribution in [0.5, 0.6) is 11.5 Å². The molecule has 1 heterocycles. The monoisotopic (exact) mass is 478 g/mol. The Morgan fingerprint density at radius 1 is 0.914 bits per heavy atom. The fourth-order valence-corrected chi connectivity index (χ4v) is 3.29. The van der Waals surface area contributed by atoms with Crippen LogP contribution >= 0.6 is 0 Å². The number of methoxy groups -OCH3 is 1. The van der Waals surface area contributed by atoms with Crippen molar-refractivity contribution in [3.63, 3.8) is 0 Å². The highest BCUT2D eigenvalue weighted by atomic mass is 16.5. The molecule has 0 aliphatic carbocycles. The molecular weight excluding hydrogens is 444 g/mol. The molecule has 8 nitrogen and oxygen atoms in total. The number of carbonyl (C=O) groups is 2. The van der Waals surface area contributed by atoms with Crippen molar-refractivity contribution < 1.29 is 19.1 Å². The lowest BCUT2D eigenvalue weighted by atomic mass is 9.92. The molecular formula is C27H34N4O4. The predicted molar refractivity (Wildman–Crippen MR) is 137 cm³/mol. The van der Waals surface area contributed by atoms with Crippen LogP contribution in [0, 0.1) is 0 Å². The van der Waals surface area contributed by atoms with Crippen LogP contribution in [-0.4, -0.2) is 35.3 Å². The average molecular weight is 479 g/mol. The van der Waals surface area contributed by atoms with Crippen molar-refractivity contribution in [3.05, 3.63) is 65.9 Å². The van der Waals surface area contributed by atoms with E-state index in [-0.39, 0.29) is 29.4 Å². The maximum Gasteiger partial charge on any atom is 0.262 e. The molecule has 3 rings (SSSR count). The standard InChI is InChI=1S/C27H34N4O4/c1-26(2,3)22-16-23(31(30-22)27(4,5)6)29-25(33)18-11-13-20(14-12-18)35-17-24(32)28-19-9-8-10-21(15-19)34-7/h8-16H,17H2,1-7H3,(H,28,32)(H,29,33). The maximum absolute atomic E-state index is 12.9. The van der Waals surface area contributed by atoms with Gasteiger partial charge in [-0.2, -0.15) is 5.10 Å².